The second-order valence-corrected chi connectivity index (χ2v) is 5.18. The molecular weight excluding hydrogens is 276 g/mol. The standard InChI is InChI=1S/C15H15ClN2O2/c1-15(2,20-12-6-4-3-5-7-12)14(19)18-13-9-8-11(16)10-17-13/h3-10H,1-2H3,(H,17,18,19). The predicted molar refractivity (Wildman–Crippen MR) is 79.0 cm³/mol. The summed E-state index contributed by atoms with van der Waals surface area (Å²) in [5.41, 5.74) is -1.01. The van der Waals surface area contributed by atoms with E-state index in [4.69, 9.17) is 16.3 Å². The van der Waals surface area contributed by atoms with E-state index in [1.54, 1.807) is 38.1 Å². The number of carbonyl (C=O) groups is 1. The van der Waals surface area contributed by atoms with Crippen LogP contribution in [0, 0.1) is 0 Å². The van der Waals surface area contributed by atoms with Crippen LogP contribution in [-0.2, 0) is 4.79 Å². The SMILES string of the molecule is CC(C)(Oc1ccccc1)C(=O)Nc1ccc(Cl)cn1. The average Bonchev–Trinajstić information content (AvgIpc) is 2.42. The lowest BCUT2D eigenvalue weighted by Gasteiger charge is -2.25. The van der Waals surface area contributed by atoms with E-state index in [2.05, 4.69) is 10.3 Å². The number of nitrogens with one attached hydrogen (secondary N) is 1. The molecule has 20 heavy (non-hydrogen) atoms. The molecule has 0 aliphatic carbocycles. The van der Waals surface area contributed by atoms with Crippen molar-refractivity contribution in [1.82, 2.24) is 4.98 Å². The normalized spacial score (nSPS) is 10.9. The fraction of sp³-hybridized carbons (Fsp3) is 0.200. The van der Waals surface area contributed by atoms with Gasteiger partial charge in [0.15, 0.2) is 5.60 Å². The number of anilines is 1. The van der Waals surface area contributed by atoms with Crippen LogP contribution < -0.4 is 10.1 Å². The van der Waals surface area contributed by atoms with Crippen molar-refractivity contribution in [3.63, 3.8) is 0 Å². The zero-order valence-corrected chi connectivity index (χ0v) is 12.0. The van der Waals surface area contributed by atoms with Crippen molar-refractivity contribution in [2.45, 2.75) is 19.4 Å². The van der Waals surface area contributed by atoms with Crippen molar-refractivity contribution in [2.75, 3.05) is 5.32 Å². The van der Waals surface area contributed by atoms with Crippen molar-refractivity contribution < 1.29 is 9.53 Å². The van der Waals surface area contributed by atoms with Crippen LogP contribution in [0.1, 0.15) is 13.8 Å². The smallest absolute Gasteiger partial charge is 0.269 e. The minimum absolute atomic E-state index is 0.281. The molecule has 0 saturated heterocycles. The molecule has 2 aromatic rings. The largest absolute Gasteiger partial charge is 0.478 e. The van der Waals surface area contributed by atoms with Gasteiger partial charge in [-0.15, -0.1) is 0 Å². The first kappa shape index (κ1) is 14.3. The third-order valence-corrected chi connectivity index (χ3v) is 2.86. The number of para-hydroxylation sites is 1. The monoisotopic (exact) mass is 290 g/mol. The van der Waals surface area contributed by atoms with Crippen LogP contribution in [-0.4, -0.2) is 16.5 Å². The third-order valence-electron chi connectivity index (χ3n) is 2.63. The average molecular weight is 291 g/mol. The Labute approximate surface area is 122 Å². The fourth-order valence-corrected chi connectivity index (χ4v) is 1.66. The lowest BCUT2D eigenvalue weighted by Crippen LogP contribution is -2.42. The summed E-state index contributed by atoms with van der Waals surface area (Å²) < 4.78 is 5.69. The van der Waals surface area contributed by atoms with Gasteiger partial charge in [0.25, 0.3) is 5.91 Å². The van der Waals surface area contributed by atoms with E-state index in [1.807, 2.05) is 18.2 Å². The molecule has 1 heterocycles. The summed E-state index contributed by atoms with van der Waals surface area (Å²) in [6, 6.07) is 12.5. The van der Waals surface area contributed by atoms with Crippen LogP contribution in [0.3, 0.4) is 0 Å². The highest BCUT2D eigenvalue weighted by Crippen LogP contribution is 2.19. The zero-order chi connectivity index (χ0) is 14.6. The lowest BCUT2D eigenvalue weighted by molar-refractivity contribution is -0.128. The molecule has 0 radical (unpaired) electrons. The highest BCUT2D eigenvalue weighted by molar-refractivity contribution is 6.30. The van der Waals surface area contributed by atoms with Crippen molar-refractivity contribution in [3.05, 3.63) is 53.7 Å². The van der Waals surface area contributed by atoms with Crippen molar-refractivity contribution in [3.8, 4) is 5.75 Å². The molecule has 0 unspecified atom stereocenters. The van der Waals surface area contributed by atoms with Crippen LogP contribution >= 0.6 is 11.6 Å². The Hall–Kier alpha value is -2.07. The second kappa shape index (κ2) is 5.92. The Balaban J connectivity index is 2.05. The van der Waals surface area contributed by atoms with E-state index < -0.39 is 5.60 Å². The number of nitrogens with zero attached hydrogens (tertiary/aromatic N) is 1. The second-order valence-electron chi connectivity index (χ2n) is 4.74. The molecule has 1 N–H and O–H groups in total. The Morgan fingerprint density at radius 1 is 1.20 bits per heavy atom. The molecule has 0 aliphatic heterocycles. The maximum absolute atomic E-state index is 12.2. The van der Waals surface area contributed by atoms with Crippen LogP contribution in [0.15, 0.2) is 48.7 Å². The summed E-state index contributed by atoms with van der Waals surface area (Å²) in [6.45, 7) is 3.40. The van der Waals surface area contributed by atoms with E-state index in [0.717, 1.165) is 0 Å². The summed E-state index contributed by atoms with van der Waals surface area (Å²) in [7, 11) is 0. The fourth-order valence-electron chi connectivity index (χ4n) is 1.55. The third kappa shape index (κ3) is 3.71. The summed E-state index contributed by atoms with van der Waals surface area (Å²) >= 11 is 5.75. The van der Waals surface area contributed by atoms with Gasteiger partial charge in [-0.2, -0.15) is 0 Å². The number of pyridine rings is 1. The van der Waals surface area contributed by atoms with E-state index in [9.17, 15) is 4.79 Å². The summed E-state index contributed by atoms with van der Waals surface area (Å²) in [5.74, 6) is 0.789. The number of hydrogen-bond donors (Lipinski definition) is 1. The molecular formula is C15H15ClN2O2. The van der Waals surface area contributed by atoms with Gasteiger partial charge in [0, 0.05) is 6.20 Å². The molecule has 0 bridgehead atoms. The molecule has 1 amide bonds. The molecule has 5 heteroatoms. The van der Waals surface area contributed by atoms with E-state index in [1.165, 1.54) is 6.20 Å². The number of halogens is 1. The number of amides is 1. The van der Waals surface area contributed by atoms with E-state index in [-0.39, 0.29) is 5.91 Å². The molecule has 0 atom stereocenters. The summed E-state index contributed by atoms with van der Waals surface area (Å²) in [6.07, 6.45) is 1.47. The molecule has 1 aromatic carbocycles. The first-order valence-corrected chi connectivity index (χ1v) is 6.52. The number of aromatic nitrogens is 1. The molecule has 1 aromatic heterocycles. The van der Waals surface area contributed by atoms with Crippen molar-refractivity contribution in [1.29, 1.82) is 0 Å². The molecule has 0 fully saturated rings. The minimum Gasteiger partial charge on any atom is -0.478 e. The molecule has 0 aliphatic rings. The van der Waals surface area contributed by atoms with Gasteiger partial charge in [-0.05, 0) is 38.1 Å². The Morgan fingerprint density at radius 3 is 2.50 bits per heavy atom. The van der Waals surface area contributed by atoms with Crippen molar-refractivity contribution in [2.24, 2.45) is 0 Å². The van der Waals surface area contributed by atoms with Gasteiger partial charge in [-0.25, -0.2) is 4.98 Å². The Kier molecular flexibility index (Phi) is 4.25. The van der Waals surface area contributed by atoms with Crippen LogP contribution in [0.2, 0.25) is 5.02 Å². The Morgan fingerprint density at radius 2 is 1.90 bits per heavy atom. The molecule has 2 rings (SSSR count). The zero-order valence-electron chi connectivity index (χ0n) is 11.3. The van der Waals surface area contributed by atoms with Crippen LogP contribution in [0.5, 0.6) is 5.75 Å². The number of ether oxygens (including phenoxy) is 1. The molecule has 0 spiro atoms. The van der Waals surface area contributed by atoms with Gasteiger partial charge < -0.3 is 10.1 Å². The van der Waals surface area contributed by atoms with Gasteiger partial charge in [-0.3, -0.25) is 4.79 Å². The lowest BCUT2D eigenvalue weighted by atomic mass is 10.1. The number of benzene rings is 1. The maximum Gasteiger partial charge on any atom is 0.269 e. The quantitative estimate of drug-likeness (QED) is 0.937. The van der Waals surface area contributed by atoms with E-state index >= 15 is 0 Å². The molecule has 104 valence electrons. The first-order valence-electron chi connectivity index (χ1n) is 6.14. The highest BCUT2D eigenvalue weighted by atomic mass is 35.5. The minimum atomic E-state index is -1.01. The highest BCUT2D eigenvalue weighted by Gasteiger charge is 2.30. The van der Waals surface area contributed by atoms with Gasteiger partial charge in [-0.1, -0.05) is 29.8 Å². The summed E-state index contributed by atoms with van der Waals surface area (Å²) in [5, 5.41) is 3.21. The van der Waals surface area contributed by atoms with Gasteiger partial charge in [0.1, 0.15) is 11.6 Å². The van der Waals surface area contributed by atoms with Crippen LogP contribution in [0.4, 0.5) is 5.82 Å². The van der Waals surface area contributed by atoms with E-state index in [0.29, 0.717) is 16.6 Å². The number of hydrogen-bond acceptors (Lipinski definition) is 3. The summed E-state index contributed by atoms with van der Waals surface area (Å²) in [4.78, 5) is 16.2. The predicted octanol–water partition coefficient (Wildman–Crippen LogP) is 3.53. The van der Waals surface area contributed by atoms with Gasteiger partial charge in [0.2, 0.25) is 0 Å². The molecule has 0 saturated carbocycles. The van der Waals surface area contributed by atoms with Crippen molar-refractivity contribution >= 4 is 23.3 Å². The Bertz CT molecular complexity index is 583. The number of rotatable bonds is 4. The van der Waals surface area contributed by atoms with Gasteiger partial charge >= 0.3 is 0 Å². The van der Waals surface area contributed by atoms with Gasteiger partial charge in [0.05, 0.1) is 5.02 Å². The maximum atomic E-state index is 12.2. The van der Waals surface area contributed by atoms with Crippen LogP contribution in [0.25, 0.3) is 0 Å². The first-order chi connectivity index (χ1) is 9.47. The number of carbonyl (C=O) groups excluding carboxylic acids is 1. The molecule has 4 nitrogen and oxygen atoms in total. The topological polar surface area (TPSA) is 51.2 Å².